The van der Waals surface area contributed by atoms with Crippen molar-refractivity contribution in [1.29, 1.82) is 0 Å². The smallest absolute Gasteiger partial charge is 0.273 e. The molecule has 1 aliphatic rings. The van der Waals surface area contributed by atoms with Crippen molar-refractivity contribution in [3.8, 4) is 17.2 Å². The molecule has 0 saturated heterocycles. The zero-order chi connectivity index (χ0) is 17.6. The molecule has 0 aromatic heterocycles. The van der Waals surface area contributed by atoms with Crippen LogP contribution in [0.2, 0.25) is 0 Å². The van der Waals surface area contributed by atoms with Gasteiger partial charge in [0, 0.05) is 6.07 Å². The normalized spacial score (nSPS) is 15.3. The first-order valence-corrected chi connectivity index (χ1v) is 7.64. The molecule has 2 aromatic rings. The number of benzene rings is 2. The topological polar surface area (TPSA) is 99.9 Å². The number of carbonyl (C=O) groups excluding carboxylic acids is 1. The van der Waals surface area contributed by atoms with Gasteiger partial charge < -0.3 is 19.5 Å². The summed E-state index contributed by atoms with van der Waals surface area (Å²) >= 11 is 0. The summed E-state index contributed by atoms with van der Waals surface area (Å²) in [6.45, 7) is 0.361. The van der Waals surface area contributed by atoms with Gasteiger partial charge in [-0.1, -0.05) is 18.2 Å². The lowest BCUT2D eigenvalue weighted by Gasteiger charge is -2.26. The molecule has 1 aliphatic heterocycles. The SMILES string of the molecule is O=C(COc1cccc([N+](=O)[O-])c1)NC[C@@H]1COc2ccccc2O1. The van der Waals surface area contributed by atoms with Crippen molar-refractivity contribution in [1.82, 2.24) is 5.32 Å². The molecule has 8 heteroatoms. The molecule has 0 fully saturated rings. The number of rotatable bonds is 6. The molecule has 2 aromatic carbocycles. The third-order valence-electron chi connectivity index (χ3n) is 3.49. The predicted octanol–water partition coefficient (Wildman–Crippen LogP) is 1.93. The fourth-order valence-electron chi connectivity index (χ4n) is 2.28. The van der Waals surface area contributed by atoms with E-state index in [-0.39, 0.29) is 36.6 Å². The van der Waals surface area contributed by atoms with Crippen molar-refractivity contribution in [3.63, 3.8) is 0 Å². The molecule has 0 radical (unpaired) electrons. The summed E-state index contributed by atoms with van der Waals surface area (Å²) in [6.07, 6.45) is -0.295. The largest absolute Gasteiger partial charge is 0.486 e. The Morgan fingerprint density at radius 2 is 2.04 bits per heavy atom. The first-order chi connectivity index (χ1) is 12.1. The molecule has 0 aliphatic carbocycles. The number of nitro groups is 1. The first-order valence-electron chi connectivity index (χ1n) is 7.64. The average Bonchev–Trinajstić information content (AvgIpc) is 2.64. The van der Waals surface area contributed by atoms with Gasteiger partial charge in [0.25, 0.3) is 11.6 Å². The molecule has 0 saturated carbocycles. The van der Waals surface area contributed by atoms with Gasteiger partial charge in [-0.05, 0) is 18.2 Å². The minimum absolute atomic E-state index is 0.0932. The Labute approximate surface area is 143 Å². The molecule has 130 valence electrons. The third-order valence-corrected chi connectivity index (χ3v) is 3.49. The van der Waals surface area contributed by atoms with E-state index < -0.39 is 4.92 Å². The molecule has 1 amide bonds. The summed E-state index contributed by atoms with van der Waals surface area (Å²) in [5.41, 5.74) is -0.0932. The monoisotopic (exact) mass is 344 g/mol. The molecule has 8 nitrogen and oxygen atoms in total. The first kappa shape index (κ1) is 16.6. The van der Waals surface area contributed by atoms with E-state index in [1.807, 2.05) is 18.2 Å². The van der Waals surface area contributed by atoms with Gasteiger partial charge in [0.2, 0.25) is 0 Å². The lowest BCUT2D eigenvalue weighted by atomic mass is 10.2. The number of ether oxygens (including phenoxy) is 3. The summed E-state index contributed by atoms with van der Waals surface area (Å²) < 4.78 is 16.6. The predicted molar refractivity (Wildman–Crippen MR) is 88.0 cm³/mol. The Morgan fingerprint density at radius 3 is 2.84 bits per heavy atom. The number of fused-ring (bicyclic) bond motifs is 1. The molecule has 1 N–H and O–H groups in total. The maximum atomic E-state index is 11.9. The Morgan fingerprint density at radius 1 is 1.24 bits per heavy atom. The average molecular weight is 344 g/mol. The zero-order valence-electron chi connectivity index (χ0n) is 13.2. The second-order valence-electron chi connectivity index (χ2n) is 5.34. The highest BCUT2D eigenvalue weighted by Crippen LogP contribution is 2.30. The van der Waals surface area contributed by atoms with Gasteiger partial charge in [0.15, 0.2) is 18.1 Å². The Balaban J connectivity index is 1.44. The lowest BCUT2D eigenvalue weighted by Crippen LogP contribution is -2.42. The quantitative estimate of drug-likeness (QED) is 0.635. The minimum atomic E-state index is -0.523. The number of nitrogens with one attached hydrogen (secondary N) is 1. The van der Waals surface area contributed by atoms with E-state index in [9.17, 15) is 14.9 Å². The van der Waals surface area contributed by atoms with E-state index in [0.717, 1.165) is 0 Å². The van der Waals surface area contributed by atoms with Gasteiger partial charge in [0.1, 0.15) is 18.5 Å². The number of nitro benzene ring substituents is 1. The number of amides is 1. The lowest BCUT2D eigenvalue weighted by molar-refractivity contribution is -0.384. The third kappa shape index (κ3) is 4.37. The maximum absolute atomic E-state index is 11.9. The molecule has 1 atom stereocenters. The summed E-state index contributed by atoms with van der Waals surface area (Å²) in [4.78, 5) is 22.0. The summed E-state index contributed by atoms with van der Waals surface area (Å²) in [5, 5.41) is 13.4. The standard InChI is InChI=1S/C17H16N2O6/c20-17(11-23-13-5-3-4-12(8-13)19(21)22)18-9-14-10-24-15-6-1-2-7-16(15)25-14/h1-8,14H,9-11H2,(H,18,20)/t14-/m1/s1. The second-order valence-corrected chi connectivity index (χ2v) is 5.34. The van der Waals surface area contributed by atoms with E-state index in [2.05, 4.69) is 5.32 Å². The number of carbonyl (C=O) groups is 1. The Kier molecular flexibility index (Phi) is 4.98. The molecule has 1 heterocycles. The van der Waals surface area contributed by atoms with Gasteiger partial charge in [-0.3, -0.25) is 14.9 Å². The van der Waals surface area contributed by atoms with Crippen molar-refractivity contribution in [2.75, 3.05) is 19.8 Å². The van der Waals surface area contributed by atoms with Crippen LogP contribution in [0.1, 0.15) is 0 Å². The van der Waals surface area contributed by atoms with Crippen LogP contribution in [0.4, 0.5) is 5.69 Å². The van der Waals surface area contributed by atoms with Gasteiger partial charge in [-0.25, -0.2) is 0 Å². The number of hydrogen-bond acceptors (Lipinski definition) is 6. The van der Waals surface area contributed by atoms with Crippen LogP contribution in [0.5, 0.6) is 17.2 Å². The van der Waals surface area contributed by atoms with Crippen LogP contribution in [-0.4, -0.2) is 36.7 Å². The molecular formula is C17H16N2O6. The van der Waals surface area contributed by atoms with E-state index >= 15 is 0 Å². The molecule has 0 bridgehead atoms. The Hall–Kier alpha value is -3.29. The fraction of sp³-hybridized carbons (Fsp3) is 0.235. The van der Waals surface area contributed by atoms with Crippen LogP contribution >= 0.6 is 0 Å². The highest BCUT2D eigenvalue weighted by atomic mass is 16.6. The summed E-state index contributed by atoms with van der Waals surface area (Å²) in [7, 11) is 0. The van der Waals surface area contributed by atoms with Crippen LogP contribution in [-0.2, 0) is 4.79 Å². The summed E-state index contributed by atoms with van der Waals surface area (Å²) in [6, 6.07) is 13.0. The van der Waals surface area contributed by atoms with Crippen LogP contribution in [0.25, 0.3) is 0 Å². The molecule has 3 rings (SSSR count). The summed E-state index contributed by atoms with van der Waals surface area (Å²) in [5.74, 6) is 1.23. The van der Waals surface area contributed by atoms with Crippen molar-refractivity contribution >= 4 is 11.6 Å². The van der Waals surface area contributed by atoms with Crippen LogP contribution in [0.3, 0.4) is 0 Å². The van der Waals surface area contributed by atoms with Gasteiger partial charge in [0.05, 0.1) is 17.5 Å². The van der Waals surface area contributed by atoms with Crippen LogP contribution in [0, 0.1) is 10.1 Å². The van der Waals surface area contributed by atoms with E-state index in [1.54, 1.807) is 12.1 Å². The molecule has 0 unspecified atom stereocenters. The van der Waals surface area contributed by atoms with E-state index in [0.29, 0.717) is 18.1 Å². The van der Waals surface area contributed by atoms with Crippen molar-refractivity contribution in [2.24, 2.45) is 0 Å². The van der Waals surface area contributed by atoms with Gasteiger partial charge in [-0.2, -0.15) is 0 Å². The second kappa shape index (κ2) is 7.52. The zero-order valence-corrected chi connectivity index (χ0v) is 13.2. The highest BCUT2D eigenvalue weighted by Gasteiger charge is 2.21. The highest BCUT2D eigenvalue weighted by molar-refractivity contribution is 5.77. The van der Waals surface area contributed by atoms with Crippen LogP contribution < -0.4 is 19.5 Å². The number of para-hydroxylation sites is 2. The van der Waals surface area contributed by atoms with Crippen molar-refractivity contribution in [3.05, 3.63) is 58.6 Å². The number of hydrogen-bond donors (Lipinski definition) is 1. The fourth-order valence-corrected chi connectivity index (χ4v) is 2.28. The van der Waals surface area contributed by atoms with E-state index in [1.165, 1.54) is 18.2 Å². The van der Waals surface area contributed by atoms with Crippen molar-refractivity contribution < 1.29 is 23.9 Å². The van der Waals surface area contributed by atoms with Crippen molar-refractivity contribution in [2.45, 2.75) is 6.10 Å². The number of non-ortho nitro benzene ring substituents is 1. The Bertz CT molecular complexity index is 779. The molecule has 0 spiro atoms. The van der Waals surface area contributed by atoms with Crippen LogP contribution in [0.15, 0.2) is 48.5 Å². The van der Waals surface area contributed by atoms with Gasteiger partial charge >= 0.3 is 0 Å². The number of nitrogens with zero attached hydrogens (tertiary/aromatic N) is 1. The maximum Gasteiger partial charge on any atom is 0.273 e. The van der Waals surface area contributed by atoms with Gasteiger partial charge in [-0.15, -0.1) is 0 Å². The molecule has 25 heavy (non-hydrogen) atoms. The minimum Gasteiger partial charge on any atom is -0.486 e. The van der Waals surface area contributed by atoms with E-state index in [4.69, 9.17) is 14.2 Å². The molecular weight excluding hydrogens is 328 g/mol.